The predicted molar refractivity (Wildman–Crippen MR) is 137 cm³/mol. The number of sulfonamides is 1. The number of nitrogens with one attached hydrogen (secondary N) is 1. The summed E-state index contributed by atoms with van der Waals surface area (Å²) in [7, 11) is -0.276. The molecule has 34 heavy (non-hydrogen) atoms. The number of ether oxygens (including phenoxy) is 1. The molecule has 1 N–H and O–H groups in total. The molecule has 0 aliphatic carbocycles. The van der Waals surface area contributed by atoms with Gasteiger partial charge in [-0.15, -0.1) is 0 Å². The van der Waals surface area contributed by atoms with E-state index in [4.69, 9.17) is 4.74 Å². The molecule has 1 aliphatic heterocycles. The van der Waals surface area contributed by atoms with Crippen molar-refractivity contribution in [1.82, 2.24) is 10.4 Å². The quantitative estimate of drug-likeness (QED) is 0.473. The van der Waals surface area contributed by atoms with Gasteiger partial charge in [-0.3, -0.25) is 9.73 Å². The molecule has 0 radical (unpaired) electrons. The van der Waals surface area contributed by atoms with E-state index in [2.05, 4.69) is 34.7 Å². The van der Waals surface area contributed by atoms with Gasteiger partial charge >= 0.3 is 0 Å². The summed E-state index contributed by atoms with van der Waals surface area (Å²) in [4.78, 5) is 0. The molecule has 0 aromatic heterocycles. The summed E-state index contributed by atoms with van der Waals surface area (Å²) < 4.78 is 33.0. The second-order valence-corrected chi connectivity index (χ2v) is 10.7. The molecule has 1 atom stereocenters. The van der Waals surface area contributed by atoms with Gasteiger partial charge in [-0.1, -0.05) is 67.1 Å². The van der Waals surface area contributed by atoms with Crippen LogP contribution in [0.1, 0.15) is 42.0 Å². The average Bonchev–Trinajstić information content (AvgIpc) is 2.88. The van der Waals surface area contributed by atoms with Crippen LogP contribution in [0.3, 0.4) is 0 Å². The van der Waals surface area contributed by atoms with Gasteiger partial charge in [-0.05, 0) is 42.2 Å². The highest BCUT2D eigenvalue weighted by molar-refractivity contribution is 7.92. The van der Waals surface area contributed by atoms with E-state index < -0.39 is 10.0 Å². The zero-order valence-electron chi connectivity index (χ0n) is 19.9. The Kier molecular flexibility index (Phi) is 7.88. The predicted octanol–water partition coefficient (Wildman–Crippen LogP) is 4.89. The number of benzene rings is 3. The lowest BCUT2D eigenvalue weighted by Crippen LogP contribution is -2.43. The van der Waals surface area contributed by atoms with E-state index >= 15 is 0 Å². The Morgan fingerprint density at radius 2 is 1.71 bits per heavy atom. The number of anilines is 1. The van der Waals surface area contributed by atoms with Crippen molar-refractivity contribution in [2.45, 2.75) is 37.6 Å². The van der Waals surface area contributed by atoms with Gasteiger partial charge in [-0.25, -0.2) is 13.4 Å². The Morgan fingerprint density at radius 3 is 2.41 bits per heavy atom. The maximum atomic E-state index is 13.0. The third kappa shape index (κ3) is 5.78. The minimum atomic E-state index is -3.52. The molecule has 1 fully saturated rings. The Labute approximate surface area is 203 Å². The van der Waals surface area contributed by atoms with Crippen molar-refractivity contribution >= 4 is 15.7 Å². The molecule has 6 nitrogen and oxygen atoms in total. The lowest BCUT2D eigenvalue weighted by atomic mass is 9.97. The van der Waals surface area contributed by atoms with Gasteiger partial charge in [0.1, 0.15) is 5.75 Å². The van der Waals surface area contributed by atoms with Crippen molar-refractivity contribution in [1.29, 1.82) is 0 Å². The highest BCUT2D eigenvalue weighted by atomic mass is 32.2. The smallest absolute Gasteiger partial charge is 0.239 e. The molecule has 0 saturated carbocycles. The molecule has 1 saturated heterocycles. The van der Waals surface area contributed by atoms with E-state index in [9.17, 15) is 8.42 Å². The van der Waals surface area contributed by atoms with Crippen LogP contribution in [0.5, 0.6) is 5.75 Å². The zero-order valence-corrected chi connectivity index (χ0v) is 20.7. The van der Waals surface area contributed by atoms with Gasteiger partial charge in [-0.2, -0.15) is 0 Å². The Bertz CT molecular complexity index is 1170. The number of hydrogen-bond donors (Lipinski definition) is 1. The Morgan fingerprint density at radius 1 is 1.00 bits per heavy atom. The number of rotatable bonds is 9. The lowest BCUT2D eigenvalue weighted by Gasteiger charge is -2.36. The topological polar surface area (TPSA) is 61.9 Å². The second kappa shape index (κ2) is 11.0. The minimum absolute atomic E-state index is 0.0452. The molecule has 180 valence electrons. The van der Waals surface area contributed by atoms with Crippen molar-refractivity contribution in [3.8, 4) is 5.75 Å². The van der Waals surface area contributed by atoms with Crippen molar-refractivity contribution < 1.29 is 13.2 Å². The molecular formula is C27H33N3O3S. The molecule has 3 aromatic rings. The first kappa shape index (κ1) is 24.3. The first-order valence-corrected chi connectivity index (χ1v) is 13.3. The summed E-state index contributed by atoms with van der Waals surface area (Å²) in [6, 6.07) is 25.7. The van der Waals surface area contributed by atoms with E-state index in [1.807, 2.05) is 48.5 Å². The van der Waals surface area contributed by atoms with Crippen LogP contribution >= 0.6 is 0 Å². The molecule has 3 aromatic carbocycles. The zero-order chi connectivity index (χ0) is 24.0. The molecule has 1 aliphatic rings. The monoisotopic (exact) mass is 479 g/mol. The molecule has 0 bridgehead atoms. The summed E-state index contributed by atoms with van der Waals surface area (Å²) in [6.07, 6.45) is 3.46. The first-order chi connectivity index (χ1) is 16.5. The van der Waals surface area contributed by atoms with E-state index in [1.54, 1.807) is 20.2 Å². The van der Waals surface area contributed by atoms with Crippen molar-refractivity contribution in [2.75, 3.05) is 25.0 Å². The van der Waals surface area contributed by atoms with E-state index in [1.165, 1.54) is 16.3 Å². The van der Waals surface area contributed by atoms with Crippen LogP contribution in [-0.4, -0.2) is 34.1 Å². The second-order valence-electron chi connectivity index (χ2n) is 8.66. The van der Waals surface area contributed by atoms with Crippen LogP contribution in [0.2, 0.25) is 0 Å². The minimum Gasteiger partial charge on any atom is -0.496 e. The fourth-order valence-corrected chi connectivity index (χ4v) is 5.71. The van der Waals surface area contributed by atoms with Gasteiger partial charge in [0.25, 0.3) is 0 Å². The van der Waals surface area contributed by atoms with E-state index in [-0.39, 0.29) is 5.75 Å². The third-order valence-electron chi connectivity index (χ3n) is 6.40. The summed E-state index contributed by atoms with van der Waals surface area (Å²) in [5.41, 5.74) is 7.20. The largest absolute Gasteiger partial charge is 0.496 e. The van der Waals surface area contributed by atoms with Crippen molar-refractivity contribution in [3.05, 3.63) is 95.6 Å². The average molecular weight is 480 g/mol. The maximum absolute atomic E-state index is 13.0. The molecule has 0 spiro atoms. The molecular weight excluding hydrogens is 446 g/mol. The van der Waals surface area contributed by atoms with Crippen molar-refractivity contribution in [3.63, 3.8) is 0 Å². The Hall–Kier alpha value is -2.87. The van der Waals surface area contributed by atoms with Gasteiger partial charge < -0.3 is 4.74 Å². The van der Waals surface area contributed by atoms with Crippen molar-refractivity contribution in [2.24, 2.45) is 0 Å². The van der Waals surface area contributed by atoms with Crippen LogP contribution in [0.15, 0.2) is 78.9 Å². The summed E-state index contributed by atoms with van der Waals surface area (Å²) in [6.45, 7) is 1.51. The van der Waals surface area contributed by atoms with Gasteiger partial charge in [0.15, 0.2) is 0 Å². The molecule has 1 unspecified atom stereocenters. The van der Waals surface area contributed by atoms with Gasteiger partial charge in [0, 0.05) is 31.7 Å². The van der Waals surface area contributed by atoms with Gasteiger partial charge in [0.2, 0.25) is 10.0 Å². The normalized spacial score (nSPS) is 16.8. The number of hydrazine groups is 1. The number of piperidine rings is 1. The third-order valence-corrected chi connectivity index (χ3v) is 8.14. The summed E-state index contributed by atoms with van der Waals surface area (Å²) >= 11 is 0. The standard InChI is InChI=1S/C27H33N3O3S/c1-29(34(31,32)21-22-11-5-3-6-12-22)25-16-17-27(33-2)24(19-25)20-28-30-18-10-9-15-26(30)23-13-7-4-8-14-23/h3-8,11-14,16-17,19,26,28H,9-10,15,18,20-21H2,1-2H3. The summed E-state index contributed by atoms with van der Waals surface area (Å²) in [5.74, 6) is 0.689. The van der Waals surface area contributed by atoms with Crippen LogP contribution in [-0.2, 0) is 22.3 Å². The Balaban J connectivity index is 1.51. The SMILES string of the molecule is COc1ccc(N(C)S(=O)(=O)Cc2ccccc2)cc1CNN1CCCCC1c1ccccc1. The number of nitrogens with zero attached hydrogens (tertiary/aromatic N) is 2. The maximum Gasteiger partial charge on any atom is 0.239 e. The molecule has 0 amide bonds. The van der Waals surface area contributed by atoms with Crippen LogP contribution < -0.4 is 14.5 Å². The fourth-order valence-electron chi connectivity index (χ4n) is 4.47. The fraction of sp³-hybridized carbons (Fsp3) is 0.333. The van der Waals surface area contributed by atoms with E-state index in [0.717, 1.165) is 36.3 Å². The number of hydrogen-bond acceptors (Lipinski definition) is 5. The van der Waals surface area contributed by atoms with Crippen LogP contribution in [0.4, 0.5) is 5.69 Å². The highest BCUT2D eigenvalue weighted by Gasteiger charge is 2.24. The highest BCUT2D eigenvalue weighted by Crippen LogP contribution is 2.31. The molecule has 1 heterocycles. The van der Waals surface area contributed by atoms with Crippen LogP contribution in [0.25, 0.3) is 0 Å². The number of methoxy groups -OCH3 is 1. The first-order valence-electron chi connectivity index (χ1n) is 11.7. The lowest BCUT2D eigenvalue weighted by molar-refractivity contribution is 0.0822. The summed E-state index contributed by atoms with van der Waals surface area (Å²) in [5, 5.41) is 2.31. The molecule has 4 rings (SSSR count). The van der Waals surface area contributed by atoms with Gasteiger partial charge in [0.05, 0.1) is 18.6 Å². The molecule has 7 heteroatoms. The van der Waals surface area contributed by atoms with E-state index in [0.29, 0.717) is 18.3 Å². The van der Waals surface area contributed by atoms with Crippen LogP contribution in [0, 0.1) is 0 Å².